The third-order valence-corrected chi connectivity index (χ3v) is 4.08. The summed E-state index contributed by atoms with van der Waals surface area (Å²) in [4.78, 5) is 25.6. The zero-order valence-corrected chi connectivity index (χ0v) is 13.4. The van der Waals surface area contributed by atoms with Crippen molar-refractivity contribution in [3.63, 3.8) is 0 Å². The summed E-state index contributed by atoms with van der Waals surface area (Å²) >= 11 is 0. The van der Waals surface area contributed by atoms with Gasteiger partial charge in [0.15, 0.2) is 0 Å². The molecule has 0 saturated heterocycles. The van der Waals surface area contributed by atoms with Gasteiger partial charge >= 0.3 is 0 Å². The van der Waals surface area contributed by atoms with Gasteiger partial charge in [-0.1, -0.05) is 12.1 Å². The number of carbonyl (C=O) groups excluding carboxylic acids is 2. The number of amides is 2. The number of ether oxygens (including phenoxy) is 1. The van der Waals surface area contributed by atoms with Crippen LogP contribution in [-0.4, -0.2) is 29.9 Å². The van der Waals surface area contributed by atoms with E-state index in [1.807, 2.05) is 0 Å². The van der Waals surface area contributed by atoms with Crippen molar-refractivity contribution >= 4 is 26.4 Å². The van der Waals surface area contributed by atoms with Crippen molar-refractivity contribution in [3.8, 4) is 5.75 Å². The number of imide groups is 1. The maximum atomic E-state index is 13.0. The molecule has 1 atom stereocenters. The molecule has 0 N–H and O–H groups in total. The molecule has 0 aromatic heterocycles. The third-order valence-electron chi connectivity index (χ3n) is 3.63. The van der Waals surface area contributed by atoms with Crippen LogP contribution in [0.5, 0.6) is 5.75 Å². The standard InChI is InChI=1S/C17H15FNO3P/c18-11-6-7-14(15(23)10-11)22-9-3-8-19-16(20)12-4-1-2-5-13(12)17(19)21/h1-2,4-7,10H,3,8-9,23H2. The maximum absolute atomic E-state index is 13.0. The first-order valence-electron chi connectivity index (χ1n) is 7.21. The van der Waals surface area contributed by atoms with Crippen molar-refractivity contribution in [2.24, 2.45) is 0 Å². The fraction of sp³-hybridized carbons (Fsp3) is 0.176. The minimum atomic E-state index is -0.326. The number of hydrogen-bond donors (Lipinski definition) is 0. The van der Waals surface area contributed by atoms with Crippen molar-refractivity contribution < 1.29 is 18.7 Å². The fourth-order valence-electron chi connectivity index (χ4n) is 2.50. The lowest BCUT2D eigenvalue weighted by Crippen LogP contribution is -2.31. The Morgan fingerprint density at radius 3 is 2.30 bits per heavy atom. The highest BCUT2D eigenvalue weighted by molar-refractivity contribution is 7.27. The molecule has 118 valence electrons. The molecule has 0 saturated carbocycles. The predicted octanol–water partition coefficient (Wildman–Crippen LogP) is 2.39. The first-order valence-corrected chi connectivity index (χ1v) is 7.78. The first-order chi connectivity index (χ1) is 11.1. The Bertz CT molecular complexity index is 743. The SMILES string of the molecule is O=C1c2ccccc2C(=O)N1CCCOc1ccc(F)cc1P. The van der Waals surface area contributed by atoms with Crippen molar-refractivity contribution in [1.82, 2.24) is 4.90 Å². The maximum Gasteiger partial charge on any atom is 0.261 e. The van der Waals surface area contributed by atoms with Crippen LogP contribution >= 0.6 is 9.24 Å². The normalized spacial score (nSPS) is 13.4. The average Bonchev–Trinajstić information content (AvgIpc) is 2.78. The van der Waals surface area contributed by atoms with Gasteiger partial charge in [-0.05, 0) is 36.8 Å². The molecule has 6 heteroatoms. The van der Waals surface area contributed by atoms with Gasteiger partial charge in [-0.25, -0.2) is 4.39 Å². The second-order valence-corrected chi connectivity index (χ2v) is 5.81. The second kappa shape index (κ2) is 6.47. The molecule has 0 bridgehead atoms. The molecule has 0 aliphatic carbocycles. The van der Waals surface area contributed by atoms with E-state index in [-0.39, 0.29) is 17.6 Å². The van der Waals surface area contributed by atoms with Gasteiger partial charge in [0, 0.05) is 11.8 Å². The van der Waals surface area contributed by atoms with Crippen LogP contribution in [0.1, 0.15) is 27.1 Å². The van der Waals surface area contributed by atoms with Gasteiger partial charge in [0.2, 0.25) is 0 Å². The van der Waals surface area contributed by atoms with E-state index < -0.39 is 0 Å². The Kier molecular flexibility index (Phi) is 4.39. The molecule has 4 nitrogen and oxygen atoms in total. The molecule has 23 heavy (non-hydrogen) atoms. The highest BCUT2D eigenvalue weighted by atomic mass is 31.0. The van der Waals surface area contributed by atoms with Gasteiger partial charge < -0.3 is 4.74 Å². The predicted molar refractivity (Wildman–Crippen MR) is 87.7 cm³/mol. The molecule has 1 heterocycles. The van der Waals surface area contributed by atoms with Crippen LogP contribution < -0.4 is 10.0 Å². The molecular weight excluding hydrogens is 316 g/mol. The van der Waals surface area contributed by atoms with Gasteiger partial charge in [0.1, 0.15) is 11.6 Å². The Morgan fingerprint density at radius 2 is 1.70 bits per heavy atom. The summed E-state index contributed by atoms with van der Waals surface area (Å²) in [7, 11) is 2.41. The summed E-state index contributed by atoms with van der Waals surface area (Å²) < 4.78 is 18.6. The monoisotopic (exact) mass is 331 g/mol. The summed E-state index contributed by atoms with van der Waals surface area (Å²) in [5.41, 5.74) is 0.897. The van der Waals surface area contributed by atoms with E-state index >= 15 is 0 Å². The number of carbonyl (C=O) groups is 2. The Labute approximate surface area is 135 Å². The summed E-state index contributed by atoms with van der Waals surface area (Å²) in [6, 6.07) is 11.0. The minimum Gasteiger partial charge on any atom is -0.493 e. The lowest BCUT2D eigenvalue weighted by molar-refractivity contribution is 0.0647. The number of halogens is 1. The van der Waals surface area contributed by atoms with E-state index in [2.05, 4.69) is 9.24 Å². The quantitative estimate of drug-likeness (QED) is 0.480. The molecular formula is C17H15FNO3P. The van der Waals surface area contributed by atoms with Gasteiger partial charge in [-0.3, -0.25) is 14.5 Å². The lowest BCUT2D eigenvalue weighted by atomic mass is 10.1. The average molecular weight is 331 g/mol. The van der Waals surface area contributed by atoms with Crippen LogP contribution in [0.4, 0.5) is 4.39 Å². The fourth-order valence-corrected chi connectivity index (χ4v) is 2.84. The van der Waals surface area contributed by atoms with E-state index in [1.54, 1.807) is 30.3 Å². The van der Waals surface area contributed by atoms with Crippen molar-refractivity contribution in [1.29, 1.82) is 0 Å². The number of hydrogen-bond acceptors (Lipinski definition) is 3. The van der Waals surface area contributed by atoms with Crippen LogP contribution in [0.3, 0.4) is 0 Å². The Balaban J connectivity index is 1.56. The molecule has 1 aliphatic heterocycles. The van der Waals surface area contributed by atoms with Crippen LogP contribution in [0.25, 0.3) is 0 Å². The van der Waals surface area contributed by atoms with E-state index in [1.165, 1.54) is 17.0 Å². The van der Waals surface area contributed by atoms with Crippen LogP contribution in [0, 0.1) is 5.82 Å². The number of rotatable bonds is 5. The number of benzene rings is 2. The third kappa shape index (κ3) is 3.10. The summed E-state index contributed by atoms with van der Waals surface area (Å²) in [5.74, 6) is -0.287. The zero-order chi connectivity index (χ0) is 16.4. The van der Waals surface area contributed by atoms with Gasteiger partial charge in [-0.15, -0.1) is 9.24 Å². The second-order valence-electron chi connectivity index (χ2n) is 5.19. The topological polar surface area (TPSA) is 46.6 Å². The van der Waals surface area contributed by atoms with Crippen molar-refractivity contribution in [2.75, 3.05) is 13.2 Å². The summed E-state index contributed by atoms with van der Waals surface area (Å²) in [6.45, 7) is 0.625. The van der Waals surface area contributed by atoms with E-state index in [0.717, 1.165) is 0 Å². The van der Waals surface area contributed by atoms with Crippen LogP contribution in [0.15, 0.2) is 42.5 Å². The molecule has 0 fully saturated rings. The van der Waals surface area contributed by atoms with E-state index in [0.29, 0.717) is 41.8 Å². The zero-order valence-electron chi connectivity index (χ0n) is 12.3. The van der Waals surface area contributed by atoms with Gasteiger partial charge in [-0.2, -0.15) is 0 Å². The van der Waals surface area contributed by atoms with Gasteiger partial charge in [0.25, 0.3) is 11.8 Å². The summed E-state index contributed by atoms with van der Waals surface area (Å²) in [6.07, 6.45) is 0.507. The minimum absolute atomic E-state index is 0.265. The molecule has 2 amide bonds. The molecule has 1 unspecified atom stereocenters. The smallest absolute Gasteiger partial charge is 0.261 e. The van der Waals surface area contributed by atoms with Crippen LogP contribution in [-0.2, 0) is 0 Å². The molecule has 0 spiro atoms. The highest BCUT2D eigenvalue weighted by Gasteiger charge is 2.34. The molecule has 2 aromatic rings. The highest BCUT2D eigenvalue weighted by Crippen LogP contribution is 2.22. The van der Waals surface area contributed by atoms with Gasteiger partial charge in [0.05, 0.1) is 17.7 Å². The molecule has 3 rings (SSSR count). The lowest BCUT2D eigenvalue weighted by Gasteiger charge is -2.14. The largest absolute Gasteiger partial charge is 0.493 e. The first kappa shape index (κ1) is 15.6. The van der Waals surface area contributed by atoms with Crippen LogP contribution in [0.2, 0.25) is 0 Å². The van der Waals surface area contributed by atoms with Crippen molar-refractivity contribution in [2.45, 2.75) is 6.42 Å². The molecule has 2 aromatic carbocycles. The van der Waals surface area contributed by atoms with Crippen molar-refractivity contribution in [3.05, 3.63) is 59.4 Å². The Morgan fingerprint density at radius 1 is 1.04 bits per heavy atom. The Hall–Kier alpha value is -2.26. The number of fused-ring (bicyclic) bond motifs is 1. The van der Waals surface area contributed by atoms with E-state index in [4.69, 9.17) is 4.74 Å². The van der Waals surface area contributed by atoms with E-state index in [9.17, 15) is 14.0 Å². The molecule has 0 radical (unpaired) electrons. The summed E-state index contributed by atoms with van der Waals surface area (Å²) in [5, 5.41) is 0.630. The number of nitrogens with zero attached hydrogens (tertiary/aromatic N) is 1. The molecule has 1 aliphatic rings.